The van der Waals surface area contributed by atoms with Crippen molar-refractivity contribution in [3.63, 3.8) is 0 Å². The highest BCUT2D eigenvalue weighted by molar-refractivity contribution is 5.23. The predicted octanol–water partition coefficient (Wildman–Crippen LogP) is 2.41. The molecule has 0 saturated carbocycles. The fraction of sp³-hybridized carbons (Fsp3) is 0.286. The van der Waals surface area contributed by atoms with Gasteiger partial charge in [0.05, 0.1) is 6.93 Å². The van der Waals surface area contributed by atoms with Crippen LogP contribution in [0.3, 0.4) is 0 Å². The van der Waals surface area contributed by atoms with Gasteiger partial charge in [-0.2, -0.15) is 13.2 Å². The first kappa shape index (κ1) is 6.64. The third kappa shape index (κ3) is 1.69. The Kier molecular flexibility index (Phi) is 1.52. The molecule has 1 aromatic rings. The summed E-state index contributed by atoms with van der Waals surface area (Å²) in [6, 6.07) is 1.09. The van der Waals surface area contributed by atoms with Gasteiger partial charge < -0.3 is 0 Å². The van der Waals surface area contributed by atoms with E-state index in [2.05, 4.69) is 4.98 Å². The molecular formula is C7H6F3N. The normalized spacial score (nSPS) is 12.9. The van der Waals surface area contributed by atoms with E-state index in [1.807, 2.05) is 0 Å². The molecule has 0 unspecified atom stereocenters. The van der Waals surface area contributed by atoms with Crippen molar-refractivity contribution >= 4 is 0 Å². The fourth-order valence-corrected chi connectivity index (χ4v) is 0.712. The number of nitrogens with zero attached hydrogens (tertiary/aromatic N) is 1. The molecule has 60 valence electrons. The van der Waals surface area contributed by atoms with Crippen LogP contribution in [0, 0.1) is 6.92 Å². The summed E-state index contributed by atoms with van der Waals surface area (Å²) in [5.74, 6) is 0. The number of hydrogen-bond acceptors (Lipinski definition) is 1. The van der Waals surface area contributed by atoms with Crippen LogP contribution in [0.25, 0.3) is 0 Å². The van der Waals surface area contributed by atoms with Gasteiger partial charge in [0, 0.05) is 12.4 Å². The highest BCUT2D eigenvalue weighted by atomic mass is 19.4. The second-order valence-electron chi connectivity index (χ2n) is 2.13. The summed E-state index contributed by atoms with van der Waals surface area (Å²) in [5, 5.41) is 0. The molecule has 0 radical (unpaired) electrons. The molecule has 0 N–H and O–H groups in total. The zero-order valence-corrected chi connectivity index (χ0v) is 5.74. The zero-order valence-electron chi connectivity index (χ0n) is 6.74. The van der Waals surface area contributed by atoms with Gasteiger partial charge in [0.15, 0.2) is 0 Å². The molecule has 0 bridgehead atoms. The quantitative estimate of drug-likeness (QED) is 0.570. The van der Waals surface area contributed by atoms with Gasteiger partial charge in [-0.15, -0.1) is 0 Å². The zero-order chi connectivity index (χ0) is 9.35. The SMILES string of the molecule is [2H]c1cc(C)c(C(F)(F)F)cn1. The van der Waals surface area contributed by atoms with Gasteiger partial charge in [0.25, 0.3) is 0 Å². The maximum Gasteiger partial charge on any atom is 0.418 e. The second-order valence-corrected chi connectivity index (χ2v) is 2.13. The minimum Gasteiger partial charge on any atom is -0.264 e. The van der Waals surface area contributed by atoms with Gasteiger partial charge in [0.1, 0.15) is 0 Å². The summed E-state index contributed by atoms with van der Waals surface area (Å²) >= 11 is 0. The van der Waals surface area contributed by atoms with Crippen LogP contribution in [0.4, 0.5) is 13.2 Å². The standard InChI is InChI=1S/C7H6F3N/c1-5-2-3-11-4-6(5)7(8,9)10/h2-4H,1H3/i3D. The lowest BCUT2D eigenvalue weighted by molar-refractivity contribution is -0.138. The van der Waals surface area contributed by atoms with Crippen molar-refractivity contribution in [1.82, 2.24) is 4.98 Å². The third-order valence-corrected chi connectivity index (χ3v) is 1.28. The van der Waals surface area contributed by atoms with Gasteiger partial charge in [-0.3, -0.25) is 4.98 Å². The molecule has 0 aliphatic heterocycles. The maximum atomic E-state index is 12.1. The molecule has 0 saturated heterocycles. The van der Waals surface area contributed by atoms with Crippen molar-refractivity contribution in [3.8, 4) is 0 Å². The lowest BCUT2D eigenvalue weighted by Crippen LogP contribution is -2.07. The average molecular weight is 162 g/mol. The van der Waals surface area contributed by atoms with Crippen molar-refractivity contribution in [2.24, 2.45) is 0 Å². The minimum absolute atomic E-state index is 0.0301. The fourth-order valence-electron chi connectivity index (χ4n) is 0.712. The lowest BCUT2D eigenvalue weighted by Gasteiger charge is -2.07. The van der Waals surface area contributed by atoms with E-state index < -0.39 is 11.7 Å². The van der Waals surface area contributed by atoms with Gasteiger partial charge in [-0.25, -0.2) is 0 Å². The van der Waals surface area contributed by atoms with Gasteiger partial charge in [0.2, 0.25) is 0 Å². The molecule has 1 rings (SSSR count). The molecule has 0 fully saturated rings. The van der Waals surface area contributed by atoms with Crippen LogP contribution in [-0.4, -0.2) is 4.98 Å². The molecule has 1 aromatic heterocycles. The maximum absolute atomic E-state index is 12.1. The second kappa shape index (κ2) is 2.53. The summed E-state index contributed by atoms with van der Waals surface area (Å²) < 4.78 is 43.2. The first-order chi connectivity index (χ1) is 5.41. The molecule has 0 aliphatic rings. The van der Waals surface area contributed by atoms with E-state index in [1.165, 1.54) is 6.92 Å². The number of rotatable bonds is 0. The number of alkyl halides is 3. The van der Waals surface area contributed by atoms with Crippen LogP contribution < -0.4 is 0 Å². The monoisotopic (exact) mass is 162 g/mol. The summed E-state index contributed by atoms with van der Waals surface area (Å²) in [7, 11) is 0. The number of aryl methyl sites for hydroxylation is 1. The van der Waals surface area contributed by atoms with E-state index in [1.54, 1.807) is 0 Å². The van der Waals surface area contributed by atoms with E-state index in [4.69, 9.17) is 1.37 Å². The van der Waals surface area contributed by atoms with Crippen LogP contribution in [0.5, 0.6) is 0 Å². The highest BCUT2D eigenvalue weighted by Crippen LogP contribution is 2.30. The number of hydrogen-bond donors (Lipinski definition) is 0. The highest BCUT2D eigenvalue weighted by Gasteiger charge is 2.32. The minimum atomic E-state index is -4.37. The molecule has 1 heterocycles. The summed E-state index contributed by atoms with van der Waals surface area (Å²) in [6.07, 6.45) is -3.84. The van der Waals surface area contributed by atoms with Gasteiger partial charge in [-0.05, 0) is 18.6 Å². The number of halogens is 3. The Labute approximate surface area is 63.3 Å². The van der Waals surface area contributed by atoms with Gasteiger partial charge in [-0.1, -0.05) is 0 Å². The van der Waals surface area contributed by atoms with Crippen LogP contribution in [0.1, 0.15) is 12.5 Å². The smallest absolute Gasteiger partial charge is 0.264 e. The molecule has 1 nitrogen and oxygen atoms in total. The van der Waals surface area contributed by atoms with E-state index in [0.29, 0.717) is 6.20 Å². The topological polar surface area (TPSA) is 12.9 Å². The molecule has 0 amide bonds. The van der Waals surface area contributed by atoms with E-state index in [0.717, 1.165) is 6.07 Å². The summed E-state index contributed by atoms with van der Waals surface area (Å²) in [4.78, 5) is 3.25. The summed E-state index contributed by atoms with van der Waals surface area (Å²) in [5.41, 5.74) is -0.749. The molecular weight excluding hydrogens is 155 g/mol. The molecule has 0 spiro atoms. The van der Waals surface area contributed by atoms with Crippen molar-refractivity contribution in [2.75, 3.05) is 0 Å². The first-order valence-electron chi connectivity index (χ1n) is 3.41. The van der Waals surface area contributed by atoms with Crippen LogP contribution in [-0.2, 0) is 6.18 Å². The van der Waals surface area contributed by atoms with E-state index >= 15 is 0 Å². The third-order valence-electron chi connectivity index (χ3n) is 1.28. The molecule has 11 heavy (non-hydrogen) atoms. The predicted molar refractivity (Wildman–Crippen MR) is 34.0 cm³/mol. The number of pyridine rings is 1. The largest absolute Gasteiger partial charge is 0.418 e. The van der Waals surface area contributed by atoms with Crippen LogP contribution >= 0.6 is 0 Å². The lowest BCUT2D eigenvalue weighted by atomic mass is 10.1. The van der Waals surface area contributed by atoms with Crippen molar-refractivity contribution in [3.05, 3.63) is 29.6 Å². The average Bonchev–Trinajstić information content (AvgIpc) is 1.83. The van der Waals surface area contributed by atoms with Gasteiger partial charge >= 0.3 is 6.18 Å². The Morgan fingerprint density at radius 1 is 1.55 bits per heavy atom. The number of aromatic nitrogens is 1. The van der Waals surface area contributed by atoms with Crippen LogP contribution in [0.2, 0.25) is 0 Å². The van der Waals surface area contributed by atoms with E-state index in [9.17, 15) is 13.2 Å². The molecule has 4 heteroatoms. The molecule has 0 aromatic carbocycles. The first-order valence-corrected chi connectivity index (χ1v) is 2.91. The Bertz CT molecular complexity index is 295. The van der Waals surface area contributed by atoms with Crippen molar-refractivity contribution < 1.29 is 14.5 Å². The van der Waals surface area contributed by atoms with Crippen LogP contribution in [0.15, 0.2) is 18.4 Å². The van der Waals surface area contributed by atoms with Crippen molar-refractivity contribution in [1.29, 1.82) is 0 Å². The Balaban J connectivity index is 3.19. The summed E-state index contributed by atoms with van der Waals surface area (Å²) in [6.45, 7) is 1.31. The Morgan fingerprint density at radius 2 is 2.18 bits per heavy atom. The Morgan fingerprint density at radius 3 is 2.64 bits per heavy atom. The molecule has 0 aliphatic carbocycles. The Hall–Kier alpha value is -1.06. The van der Waals surface area contributed by atoms with E-state index in [-0.39, 0.29) is 11.7 Å². The molecule has 0 atom stereocenters. The van der Waals surface area contributed by atoms with Crippen molar-refractivity contribution in [2.45, 2.75) is 13.1 Å².